The molecule has 3 atom stereocenters. The Balaban J connectivity index is 1.25. The molecule has 11 heteroatoms. The Morgan fingerprint density at radius 2 is 2.23 bits per heavy atom. The molecule has 0 bridgehead atoms. The first-order valence-electron chi connectivity index (χ1n) is 9.86. The third kappa shape index (κ3) is 3.19. The molecular weight excluding hydrogens is 391 g/mol. The van der Waals surface area contributed by atoms with Crippen molar-refractivity contribution >= 4 is 19.0 Å². The van der Waals surface area contributed by atoms with E-state index < -0.39 is 19.1 Å². The summed E-state index contributed by atoms with van der Waals surface area (Å²) in [5.74, 6) is -0.870. The van der Waals surface area contributed by atoms with Crippen molar-refractivity contribution in [3.8, 4) is 11.5 Å². The Labute approximate surface area is 172 Å². The van der Waals surface area contributed by atoms with Gasteiger partial charge in [-0.15, -0.1) is 0 Å². The largest absolute Gasteiger partial charge is 0.535 e. The molecule has 3 heterocycles. The summed E-state index contributed by atoms with van der Waals surface area (Å²) in [6.45, 7) is 0.634. The maximum Gasteiger partial charge on any atom is 0.526 e. The SMILES string of the molecule is N[C@H](Cc1c[nH]cn1)C(=O)N1CC(Oc2ccc3c(c2C(=O)O)OB(O)[C@H]2C[C@@H]32)C1. The number of H-pyrrole nitrogens is 1. The van der Waals surface area contributed by atoms with Crippen molar-refractivity contribution in [1.82, 2.24) is 14.9 Å². The Hall–Kier alpha value is -3.05. The Morgan fingerprint density at radius 3 is 2.93 bits per heavy atom. The van der Waals surface area contributed by atoms with Gasteiger partial charge in [-0.2, -0.15) is 0 Å². The van der Waals surface area contributed by atoms with Gasteiger partial charge in [0.15, 0.2) is 0 Å². The van der Waals surface area contributed by atoms with Crippen LogP contribution >= 0.6 is 0 Å². The van der Waals surface area contributed by atoms with Crippen LogP contribution < -0.4 is 15.1 Å². The summed E-state index contributed by atoms with van der Waals surface area (Å²) in [6.07, 6.45) is 4.00. The number of likely N-dealkylation sites (tertiary alicyclic amines) is 1. The Kier molecular flexibility index (Phi) is 4.44. The van der Waals surface area contributed by atoms with Crippen LogP contribution in [-0.4, -0.2) is 69.2 Å². The van der Waals surface area contributed by atoms with Gasteiger partial charge < -0.3 is 35.1 Å². The third-order valence-corrected chi connectivity index (χ3v) is 5.96. The summed E-state index contributed by atoms with van der Waals surface area (Å²) >= 11 is 0. The predicted molar refractivity (Wildman–Crippen MR) is 104 cm³/mol. The fraction of sp³-hybridized carbons (Fsp3) is 0.421. The fourth-order valence-corrected chi connectivity index (χ4v) is 4.22. The number of hydrogen-bond donors (Lipinski definition) is 4. The molecule has 10 nitrogen and oxygen atoms in total. The van der Waals surface area contributed by atoms with Crippen LogP contribution in [0.2, 0.25) is 5.82 Å². The van der Waals surface area contributed by atoms with Crippen molar-refractivity contribution in [2.24, 2.45) is 5.73 Å². The van der Waals surface area contributed by atoms with E-state index >= 15 is 0 Å². The Morgan fingerprint density at radius 1 is 1.43 bits per heavy atom. The number of aromatic amines is 1. The van der Waals surface area contributed by atoms with Gasteiger partial charge in [-0.25, -0.2) is 9.78 Å². The van der Waals surface area contributed by atoms with E-state index in [0.29, 0.717) is 25.2 Å². The van der Waals surface area contributed by atoms with Crippen LogP contribution in [0, 0.1) is 0 Å². The molecule has 1 aromatic carbocycles. The highest BCUT2D eigenvalue weighted by Crippen LogP contribution is 2.60. The number of aromatic carboxylic acids is 1. The number of amides is 1. The minimum absolute atomic E-state index is 0.0304. The smallest absolute Gasteiger partial charge is 0.526 e. The number of ether oxygens (including phenoxy) is 1. The molecule has 0 radical (unpaired) electrons. The number of carboxylic acid groups (broad SMARTS) is 1. The second kappa shape index (κ2) is 7.03. The van der Waals surface area contributed by atoms with Gasteiger partial charge in [0.2, 0.25) is 5.91 Å². The summed E-state index contributed by atoms with van der Waals surface area (Å²) in [5, 5.41) is 19.7. The van der Waals surface area contributed by atoms with E-state index in [0.717, 1.165) is 12.0 Å². The maximum absolute atomic E-state index is 12.5. The van der Waals surface area contributed by atoms with Gasteiger partial charge in [0.05, 0.1) is 31.2 Å². The highest BCUT2D eigenvalue weighted by Gasteiger charge is 2.54. The molecule has 0 unspecified atom stereocenters. The van der Waals surface area contributed by atoms with E-state index in [9.17, 15) is 19.7 Å². The van der Waals surface area contributed by atoms with Gasteiger partial charge in [-0.05, 0) is 24.0 Å². The zero-order chi connectivity index (χ0) is 21.0. The maximum atomic E-state index is 12.5. The summed E-state index contributed by atoms with van der Waals surface area (Å²) in [6, 6.07) is 2.73. The lowest BCUT2D eigenvalue weighted by Gasteiger charge is -2.40. The molecule has 1 amide bonds. The molecule has 5 rings (SSSR count). The van der Waals surface area contributed by atoms with Gasteiger partial charge in [0.1, 0.15) is 23.2 Å². The minimum atomic E-state index is -1.18. The first-order valence-corrected chi connectivity index (χ1v) is 9.86. The van der Waals surface area contributed by atoms with E-state index in [4.69, 9.17) is 15.1 Å². The van der Waals surface area contributed by atoms with Crippen LogP contribution in [0.15, 0.2) is 24.7 Å². The normalized spacial score (nSPS) is 23.0. The fourth-order valence-electron chi connectivity index (χ4n) is 4.22. The second-order valence-electron chi connectivity index (χ2n) is 8.03. The van der Waals surface area contributed by atoms with Crippen LogP contribution in [0.3, 0.4) is 0 Å². The van der Waals surface area contributed by atoms with E-state index in [-0.39, 0.29) is 40.8 Å². The van der Waals surface area contributed by atoms with Crippen molar-refractivity contribution in [2.75, 3.05) is 13.1 Å². The van der Waals surface area contributed by atoms with Crippen molar-refractivity contribution in [1.29, 1.82) is 0 Å². The number of rotatable bonds is 6. The van der Waals surface area contributed by atoms with E-state index in [1.54, 1.807) is 23.2 Å². The van der Waals surface area contributed by atoms with Gasteiger partial charge in [-0.3, -0.25) is 4.79 Å². The van der Waals surface area contributed by atoms with Crippen molar-refractivity contribution in [2.45, 2.75) is 36.7 Å². The average molecular weight is 412 g/mol. The van der Waals surface area contributed by atoms with E-state index in [1.807, 2.05) is 0 Å². The highest BCUT2D eigenvalue weighted by atomic mass is 16.5. The quantitative estimate of drug-likeness (QED) is 0.484. The molecule has 5 N–H and O–H groups in total. The number of carboxylic acids is 1. The van der Waals surface area contributed by atoms with E-state index in [1.165, 1.54) is 6.33 Å². The minimum Gasteiger partial charge on any atom is -0.535 e. The van der Waals surface area contributed by atoms with Crippen molar-refractivity contribution in [3.63, 3.8) is 0 Å². The number of carbonyl (C=O) groups excluding carboxylic acids is 1. The van der Waals surface area contributed by atoms with Crippen molar-refractivity contribution in [3.05, 3.63) is 41.5 Å². The second-order valence-corrected chi connectivity index (χ2v) is 8.03. The number of carbonyl (C=O) groups is 2. The molecule has 1 aliphatic carbocycles. The monoisotopic (exact) mass is 412 g/mol. The number of nitrogens with two attached hydrogens (primary N) is 1. The first kappa shape index (κ1) is 19.0. The number of fused-ring (bicyclic) bond motifs is 3. The summed E-state index contributed by atoms with van der Waals surface area (Å²) in [5.41, 5.74) is 7.41. The van der Waals surface area contributed by atoms with Gasteiger partial charge in [0.25, 0.3) is 0 Å². The molecular formula is C19H21BN4O6. The number of benzene rings is 1. The number of aromatic nitrogens is 2. The lowest BCUT2D eigenvalue weighted by molar-refractivity contribution is -0.141. The molecule has 1 saturated carbocycles. The molecule has 0 spiro atoms. The van der Waals surface area contributed by atoms with Crippen LogP contribution in [0.25, 0.3) is 0 Å². The summed E-state index contributed by atoms with van der Waals surface area (Å²) in [7, 11) is -0.997. The predicted octanol–water partition coefficient (Wildman–Crippen LogP) is -0.00210. The Bertz CT molecular complexity index is 993. The number of imidazole rings is 1. The van der Waals surface area contributed by atoms with Crippen molar-refractivity contribution < 1.29 is 29.1 Å². The molecule has 2 fully saturated rings. The zero-order valence-electron chi connectivity index (χ0n) is 16.0. The number of hydrogen-bond acceptors (Lipinski definition) is 7. The topological polar surface area (TPSA) is 151 Å². The van der Waals surface area contributed by atoms with Crippen LogP contribution in [0.5, 0.6) is 11.5 Å². The zero-order valence-corrected chi connectivity index (χ0v) is 16.0. The molecule has 30 heavy (non-hydrogen) atoms. The first-order chi connectivity index (χ1) is 14.4. The van der Waals surface area contributed by atoms with Crippen LogP contribution in [0.4, 0.5) is 0 Å². The summed E-state index contributed by atoms with van der Waals surface area (Å²) < 4.78 is 11.4. The number of nitrogens with zero attached hydrogens (tertiary/aromatic N) is 2. The molecule has 1 aromatic heterocycles. The van der Waals surface area contributed by atoms with Gasteiger partial charge >= 0.3 is 13.1 Å². The van der Waals surface area contributed by atoms with Gasteiger partial charge in [-0.1, -0.05) is 6.07 Å². The molecule has 2 aromatic rings. The number of nitrogens with one attached hydrogen (secondary N) is 1. The molecule has 1 saturated heterocycles. The van der Waals surface area contributed by atoms with Gasteiger partial charge in [0, 0.05) is 18.4 Å². The molecule has 3 aliphatic rings. The van der Waals surface area contributed by atoms with Crippen LogP contribution in [-0.2, 0) is 11.2 Å². The van der Waals surface area contributed by atoms with Crippen LogP contribution in [0.1, 0.15) is 34.0 Å². The third-order valence-electron chi connectivity index (χ3n) is 5.96. The highest BCUT2D eigenvalue weighted by molar-refractivity contribution is 6.48. The molecule has 156 valence electrons. The van der Waals surface area contributed by atoms with E-state index in [2.05, 4.69) is 9.97 Å². The lowest BCUT2D eigenvalue weighted by atomic mass is 9.77. The lowest BCUT2D eigenvalue weighted by Crippen LogP contribution is -2.60. The standard InChI is InChI=1S/C19H21BN4O6/c21-14(3-9-5-22-8-23-9)18(25)24-6-10(7-24)29-15-2-1-11-12-4-13(12)20(28)30-17(11)16(15)19(26)27/h1-2,5,8,10,12-14,28H,3-4,6-7,21H2,(H,22,23)(H,26,27)/t12-,13-,14+/m0/s1. The average Bonchev–Trinajstić information content (AvgIpc) is 3.33. The molecule has 2 aliphatic heterocycles. The summed E-state index contributed by atoms with van der Waals surface area (Å²) in [4.78, 5) is 32.8.